The largest absolute Gasteiger partial charge is 0.472 e. The average Bonchev–Trinajstić information content (AvgIpc) is 3.10. The lowest BCUT2D eigenvalue weighted by molar-refractivity contribution is -0.161. The van der Waals surface area contributed by atoms with Crippen LogP contribution in [0.3, 0.4) is 0 Å². The molecule has 2 unspecified atom stereocenters. The number of hydrogen-bond donors (Lipinski definition) is 3. The van der Waals surface area contributed by atoms with Gasteiger partial charge in [0.1, 0.15) is 6.61 Å². The van der Waals surface area contributed by atoms with Gasteiger partial charge in [-0.3, -0.25) is 18.6 Å². The highest BCUT2D eigenvalue weighted by Crippen LogP contribution is 2.43. The van der Waals surface area contributed by atoms with Gasteiger partial charge in [-0.25, -0.2) is 4.57 Å². The Morgan fingerprint density at radius 1 is 0.560 bits per heavy atom. The molecule has 0 radical (unpaired) electrons. The number of aliphatic hydroxyl groups is 1. The molecule has 0 heterocycles. The van der Waals surface area contributed by atoms with Gasteiger partial charge < -0.3 is 24.8 Å². The first kappa shape index (κ1) is 49.0. The van der Waals surface area contributed by atoms with Crippen molar-refractivity contribution in [2.75, 3.05) is 39.5 Å². The first-order valence-corrected chi connectivity index (χ1v) is 22.1. The maximum atomic E-state index is 12.6. The monoisotopic (exact) mass is 736 g/mol. The van der Waals surface area contributed by atoms with E-state index in [1.165, 1.54) is 122 Å². The molecule has 0 aliphatic heterocycles. The number of nitrogens with one attached hydrogen (secondary N) is 1. The Morgan fingerprint density at radius 3 is 1.38 bits per heavy atom. The van der Waals surface area contributed by atoms with Gasteiger partial charge in [0.05, 0.1) is 19.8 Å². The van der Waals surface area contributed by atoms with Gasteiger partial charge in [0.2, 0.25) is 0 Å². The summed E-state index contributed by atoms with van der Waals surface area (Å²) < 4.78 is 33.2. The van der Waals surface area contributed by atoms with Crippen molar-refractivity contribution in [2.24, 2.45) is 0 Å². The van der Waals surface area contributed by atoms with Crippen LogP contribution in [0.4, 0.5) is 0 Å². The molecule has 0 aromatic rings. The van der Waals surface area contributed by atoms with Gasteiger partial charge in [0, 0.05) is 25.9 Å². The summed E-state index contributed by atoms with van der Waals surface area (Å²) >= 11 is 0. The van der Waals surface area contributed by atoms with Crippen LogP contribution in [-0.2, 0) is 32.7 Å². The number of phosphoric ester groups is 1. The van der Waals surface area contributed by atoms with Crippen molar-refractivity contribution in [2.45, 2.75) is 200 Å². The van der Waals surface area contributed by atoms with E-state index in [0.717, 1.165) is 38.5 Å². The Kier molecular flexibility index (Phi) is 36.9. The number of carbonyl (C=O) groups excluding carboxylic acids is 2. The summed E-state index contributed by atoms with van der Waals surface area (Å²) in [6, 6.07) is 0. The molecule has 0 aliphatic carbocycles. The number of unbranched alkanes of at least 4 members (excludes halogenated alkanes) is 24. The van der Waals surface area contributed by atoms with Crippen molar-refractivity contribution in [1.82, 2.24) is 5.32 Å². The predicted molar refractivity (Wildman–Crippen MR) is 203 cm³/mol. The van der Waals surface area contributed by atoms with Gasteiger partial charge in [-0.05, 0) is 12.8 Å². The number of esters is 2. The van der Waals surface area contributed by atoms with Crippen molar-refractivity contribution in [3.63, 3.8) is 0 Å². The van der Waals surface area contributed by atoms with E-state index in [1.807, 2.05) is 0 Å². The van der Waals surface area contributed by atoms with Gasteiger partial charge >= 0.3 is 19.8 Å². The molecule has 50 heavy (non-hydrogen) atoms. The van der Waals surface area contributed by atoms with Crippen LogP contribution in [0.15, 0.2) is 0 Å². The molecule has 2 atom stereocenters. The molecule has 0 aliphatic rings. The third kappa shape index (κ3) is 36.8. The Bertz CT molecular complexity index is 802. The molecular formula is C39H78NO9P. The lowest BCUT2D eigenvalue weighted by Crippen LogP contribution is -2.29. The molecule has 11 heteroatoms. The number of rotatable bonds is 40. The van der Waals surface area contributed by atoms with E-state index in [9.17, 15) is 19.0 Å². The van der Waals surface area contributed by atoms with E-state index >= 15 is 0 Å². The maximum Gasteiger partial charge on any atom is 0.472 e. The minimum Gasteiger partial charge on any atom is -0.462 e. The topological polar surface area (TPSA) is 141 Å². The zero-order chi connectivity index (χ0) is 36.8. The number of carbonyl (C=O) groups is 2. The lowest BCUT2D eigenvalue weighted by atomic mass is 10.0. The van der Waals surface area contributed by atoms with E-state index in [4.69, 9.17) is 23.6 Å². The molecule has 0 saturated carbocycles. The molecule has 10 nitrogen and oxygen atoms in total. The van der Waals surface area contributed by atoms with Crippen LogP contribution in [0.5, 0.6) is 0 Å². The van der Waals surface area contributed by atoms with Crippen LogP contribution in [-0.4, -0.2) is 67.6 Å². The minimum atomic E-state index is -4.42. The van der Waals surface area contributed by atoms with Crippen LogP contribution in [0.1, 0.15) is 194 Å². The molecule has 298 valence electrons. The fourth-order valence-corrected chi connectivity index (χ4v) is 6.60. The molecule has 0 amide bonds. The first-order valence-electron chi connectivity index (χ1n) is 20.6. The quantitative estimate of drug-likeness (QED) is 0.0316. The zero-order valence-corrected chi connectivity index (χ0v) is 33.2. The summed E-state index contributed by atoms with van der Waals surface area (Å²) in [5, 5.41) is 11.7. The van der Waals surface area contributed by atoms with Gasteiger partial charge in [0.15, 0.2) is 6.10 Å². The Labute approximate surface area is 306 Å². The number of phosphoric acid groups is 1. The summed E-state index contributed by atoms with van der Waals surface area (Å²) in [7, 11) is -4.42. The number of hydrogen-bond acceptors (Lipinski definition) is 9. The van der Waals surface area contributed by atoms with E-state index < -0.39 is 26.5 Å². The second kappa shape index (κ2) is 37.7. The Balaban J connectivity index is 4.33. The van der Waals surface area contributed by atoms with E-state index in [2.05, 4.69) is 19.2 Å². The van der Waals surface area contributed by atoms with Crippen LogP contribution >= 0.6 is 7.82 Å². The van der Waals surface area contributed by atoms with E-state index in [1.54, 1.807) is 0 Å². The second-order valence-electron chi connectivity index (χ2n) is 13.9. The van der Waals surface area contributed by atoms with Crippen molar-refractivity contribution in [3.05, 3.63) is 0 Å². The number of aliphatic hydroxyl groups excluding tert-OH is 1. The van der Waals surface area contributed by atoms with Crippen LogP contribution in [0.2, 0.25) is 0 Å². The first-order chi connectivity index (χ1) is 24.3. The van der Waals surface area contributed by atoms with Crippen LogP contribution in [0, 0.1) is 0 Å². The minimum absolute atomic E-state index is 0.0578. The molecule has 0 fully saturated rings. The van der Waals surface area contributed by atoms with Crippen molar-refractivity contribution >= 4 is 19.8 Å². The van der Waals surface area contributed by atoms with Gasteiger partial charge in [-0.2, -0.15) is 0 Å². The average molecular weight is 736 g/mol. The maximum absolute atomic E-state index is 12.6. The lowest BCUT2D eigenvalue weighted by Gasteiger charge is -2.20. The van der Waals surface area contributed by atoms with Crippen molar-refractivity contribution in [1.29, 1.82) is 0 Å². The normalized spacial score (nSPS) is 13.3. The second-order valence-corrected chi connectivity index (χ2v) is 15.3. The van der Waals surface area contributed by atoms with Crippen LogP contribution in [0.25, 0.3) is 0 Å². The SMILES string of the molecule is CCCCCCCCCCCCCCCC(=O)OCC(COP(=O)(O)OCCNCCO)OC(=O)CCCCCCCCCCCCCCC. The standard InChI is InChI=1S/C39H78NO9P/c1-3-5-7-9-11-13-15-17-19-21-23-25-27-29-38(42)46-35-37(36-48-50(44,45)47-34-32-40-31-33-41)49-39(43)30-28-26-24-22-20-18-16-14-12-10-8-6-4-2/h37,40-41H,3-36H2,1-2H3,(H,44,45). The predicted octanol–water partition coefficient (Wildman–Crippen LogP) is 10.1. The van der Waals surface area contributed by atoms with Crippen LogP contribution < -0.4 is 5.32 Å². The molecule has 0 bridgehead atoms. The zero-order valence-electron chi connectivity index (χ0n) is 32.3. The number of ether oxygens (including phenoxy) is 2. The fourth-order valence-electron chi connectivity index (χ4n) is 5.85. The Morgan fingerprint density at radius 2 is 0.960 bits per heavy atom. The highest BCUT2D eigenvalue weighted by Gasteiger charge is 2.26. The van der Waals surface area contributed by atoms with E-state index in [0.29, 0.717) is 13.0 Å². The van der Waals surface area contributed by atoms with Crippen molar-refractivity contribution in [3.8, 4) is 0 Å². The molecular weight excluding hydrogens is 657 g/mol. The van der Waals surface area contributed by atoms with Gasteiger partial charge in [-0.15, -0.1) is 0 Å². The third-order valence-electron chi connectivity index (χ3n) is 8.94. The molecule has 0 aromatic carbocycles. The molecule has 3 N–H and O–H groups in total. The molecule has 0 rings (SSSR count). The van der Waals surface area contributed by atoms with Gasteiger partial charge in [-0.1, -0.05) is 168 Å². The third-order valence-corrected chi connectivity index (χ3v) is 9.93. The summed E-state index contributed by atoms with van der Waals surface area (Å²) in [5.74, 6) is -0.833. The summed E-state index contributed by atoms with van der Waals surface area (Å²) in [6.45, 7) is 4.23. The van der Waals surface area contributed by atoms with Gasteiger partial charge in [0.25, 0.3) is 0 Å². The fraction of sp³-hybridized carbons (Fsp3) is 0.949. The molecule has 0 spiro atoms. The van der Waals surface area contributed by atoms with Crippen molar-refractivity contribution < 1.29 is 42.7 Å². The van der Waals surface area contributed by atoms with E-state index in [-0.39, 0.29) is 45.2 Å². The molecule has 0 saturated heterocycles. The summed E-state index contributed by atoms with van der Waals surface area (Å²) in [4.78, 5) is 35.1. The summed E-state index contributed by atoms with van der Waals surface area (Å²) in [6.07, 6.45) is 31.1. The highest BCUT2D eigenvalue weighted by atomic mass is 31.2. The highest BCUT2D eigenvalue weighted by molar-refractivity contribution is 7.47. The smallest absolute Gasteiger partial charge is 0.462 e. The summed E-state index contributed by atoms with van der Waals surface area (Å²) in [5.41, 5.74) is 0. The molecule has 0 aromatic heterocycles. The Hall–Kier alpha value is -1.03.